The van der Waals surface area contributed by atoms with Gasteiger partial charge in [0, 0.05) is 11.8 Å². The first kappa shape index (κ1) is 14.4. The largest absolute Gasteiger partial charge is 0.492 e. The smallest absolute Gasteiger partial charge is 0.168 e. The summed E-state index contributed by atoms with van der Waals surface area (Å²) in [7, 11) is 0. The van der Waals surface area contributed by atoms with E-state index in [0.717, 1.165) is 10.9 Å². The van der Waals surface area contributed by atoms with Crippen molar-refractivity contribution < 1.29 is 4.74 Å². The van der Waals surface area contributed by atoms with Gasteiger partial charge in [-0.25, -0.2) is 0 Å². The molecule has 0 bridgehead atoms. The van der Waals surface area contributed by atoms with Crippen molar-refractivity contribution in [1.29, 1.82) is 0 Å². The fourth-order valence-corrected chi connectivity index (χ4v) is 5.08. The van der Waals surface area contributed by atoms with Crippen molar-refractivity contribution in [2.45, 2.75) is 32.4 Å². The molecule has 2 atom stereocenters. The predicted octanol–water partition coefficient (Wildman–Crippen LogP) is 4.95. The molecule has 2 aromatic carbocycles. The third-order valence-electron chi connectivity index (χ3n) is 6.16. The molecule has 0 saturated carbocycles. The summed E-state index contributed by atoms with van der Waals surface area (Å²) in [6.07, 6.45) is 2.16. The van der Waals surface area contributed by atoms with E-state index < -0.39 is 0 Å². The van der Waals surface area contributed by atoms with E-state index in [2.05, 4.69) is 73.7 Å². The van der Waals surface area contributed by atoms with Crippen LogP contribution in [-0.2, 0) is 0 Å². The van der Waals surface area contributed by atoms with E-state index in [0.29, 0.717) is 6.61 Å². The first-order chi connectivity index (χ1) is 11.5. The van der Waals surface area contributed by atoms with Crippen LogP contribution >= 0.6 is 11.8 Å². The van der Waals surface area contributed by atoms with Crippen LogP contribution in [0.1, 0.15) is 32.4 Å². The molecular weight excluding hydrogens is 316 g/mol. The quantitative estimate of drug-likeness (QED) is 0.680. The number of nitrogens with zero attached hydrogens (tertiary/aromatic N) is 2. The number of fused-ring (bicyclic) bond motifs is 6. The zero-order chi connectivity index (χ0) is 16.5. The normalized spacial score (nSPS) is 29.5. The highest BCUT2D eigenvalue weighted by Gasteiger charge is 2.58. The molecule has 3 aliphatic rings. The lowest BCUT2D eigenvalue weighted by Crippen LogP contribution is -2.62. The molecule has 0 amide bonds. The average Bonchev–Trinajstić information content (AvgIpc) is 3.05. The van der Waals surface area contributed by atoms with Gasteiger partial charge in [0.25, 0.3) is 0 Å². The van der Waals surface area contributed by atoms with Crippen LogP contribution in [0.3, 0.4) is 0 Å². The molecule has 3 nitrogen and oxygen atoms in total. The van der Waals surface area contributed by atoms with Gasteiger partial charge in [0.15, 0.2) is 5.17 Å². The van der Waals surface area contributed by atoms with Crippen molar-refractivity contribution in [2.24, 2.45) is 10.4 Å². The maximum absolute atomic E-state index is 6.26. The summed E-state index contributed by atoms with van der Waals surface area (Å²) in [4.78, 5) is 7.50. The molecule has 3 aliphatic heterocycles. The minimum Gasteiger partial charge on any atom is -0.492 e. The van der Waals surface area contributed by atoms with Gasteiger partial charge in [0.05, 0.1) is 23.6 Å². The van der Waals surface area contributed by atoms with Gasteiger partial charge in [-0.05, 0) is 36.1 Å². The number of thioether (sulfide) groups is 1. The Morgan fingerprint density at radius 3 is 2.88 bits per heavy atom. The minimum atomic E-state index is -0.0944. The first-order valence-electron chi connectivity index (χ1n) is 8.37. The van der Waals surface area contributed by atoms with Crippen LogP contribution < -0.4 is 4.74 Å². The number of rotatable bonds is 0. The molecule has 0 N–H and O–H groups in total. The Kier molecular flexibility index (Phi) is 2.74. The van der Waals surface area contributed by atoms with Crippen molar-refractivity contribution >= 4 is 27.7 Å². The summed E-state index contributed by atoms with van der Waals surface area (Å²) in [5.74, 6) is 0.987. The SMILES string of the molecule is CC12COc3ccc4ccccc4c3C1N=C1SC=CN1C2(C)C. The average molecular weight is 336 g/mol. The molecule has 4 heteroatoms. The summed E-state index contributed by atoms with van der Waals surface area (Å²) in [6, 6.07) is 12.9. The molecule has 24 heavy (non-hydrogen) atoms. The van der Waals surface area contributed by atoms with E-state index in [9.17, 15) is 0 Å². The maximum atomic E-state index is 6.26. The monoisotopic (exact) mass is 336 g/mol. The highest BCUT2D eigenvalue weighted by Crippen LogP contribution is 2.58. The molecule has 2 unspecified atom stereocenters. The Hall–Kier alpha value is -1.94. The van der Waals surface area contributed by atoms with Crippen LogP contribution in [0.15, 0.2) is 53.0 Å². The van der Waals surface area contributed by atoms with Gasteiger partial charge >= 0.3 is 0 Å². The predicted molar refractivity (Wildman–Crippen MR) is 100 cm³/mol. The fraction of sp³-hybridized carbons (Fsp3) is 0.350. The number of benzene rings is 2. The Labute approximate surface area is 146 Å². The van der Waals surface area contributed by atoms with Crippen LogP contribution in [0.2, 0.25) is 0 Å². The Bertz CT molecular complexity index is 917. The number of hydrogen-bond donors (Lipinski definition) is 0. The van der Waals surface area contributed by atoms with Gasteiger partial charge in [0.2, 0.25) is 0 Å². The summed E-state index contributed by atoms with van der Waals surface area (Å²) in [5, 5.41) is 5.74. The highest BCUT2D eigenvalue weighted by atomic mass is 32.2. The van der Waals surface area contributed by atoms with Gasteiger partial charge in [0.1, 0.15) is 5.75 Å². The number of aliphatic imine (C=N–C) groups is 1. The van der Waals surface area contributed by atoms with Crippen molar-refractivity contribution in [3.05, 3.63) is 53.6 Å². The Morgan fingerprint density at radius 2 is 2.00 bits per heavy atom. The molecule has 0 aromatic heterocycles. The highest BCUT2D eigenvalue weighted by molar-refractivity contribution is 8.16. The summed E-state index contributed by atoms with van der Waals surface area (Å²) in [5.41, 5.74) is 1.08. The van der Waals surface area contributed by atoms with Crippen LogP contribution in [0.5, 0.6) is 5.75 Å². The van der Waals surface area contributed by atoms with Crippen LogP contribution in [0.4, 0.5) is 0 Å². The van der Waals surface area contributed by atoms with Crippen LogP contribution in [0.25, 0.3) is 10.8 Å². The first-order valence-corrected chi connectivity index (χ1v) is 9.25. The van der Waals surface area contributed by atoms with E-state index in [1.165, 1.54) is 16.3 Å². The van der Waals surface area contributed by atoms with E-state index >= 15 is 0 Å². The van der Waals surface area contributed by atoms with Crippen molar-refractivity contribution in [3.63, 3.8) is 0 Å². The van der Waals surface area contributed by atoms with Gasteiger partial charge in [-0.2, -0.15) is 0 Å². The molecule has 2 aromatic rings. The zero-order valence-electron chi connectivity index (χ0n) is 14.1. The Balaban J connectivity index is 1.82. The van der Waals surface area contributed by atoms with Gasteiger partial charge in [-0.1, -0.05) is 49.0 Å². The lowest BCUT2D eigenvalue weighted by Gasteiger charge is -2.56. The molecule has 122 valence electrons. The lowest BCUT2D eigenvalue weighted by atomic mass is 9.63. The van der Waals surface area contributed by atoms with E-state index in [1.807, 2.05) is 0 Å². The molecular formula is C20H20N2OS. The summed E-state index contributed by atoms with van der Waals surface area (Å²) < 4.78 is 6.26. The molecule has 0 saturated heterocycles. The molecule has 0 fully saturated rings. The standard InChI is InChI=1S/C20H20N2OS/c1-19(2)20(3)12-23-15-9-8-13-6-4-5-7-14(13)16(15)17(20)21-18-22(19)10-11-24-18/h4-11,17H,12H2,1-3H3. The molecule has 0 spiro atoms. The molecule has 0 aliphatic carbocycles. The fourth-order valence-electron chi connectivity index (χ4n) is 4.20. The van der Waals surface area contributed by atoms with Crippen LogP contribution in [-0.4, -0.2) is 22.2 Å². The second kappa shape index (κ2) is 4.57. The van der Waals surface area contributed by atoms with E-state index in [-0.39, 0.29) is 17.0 Å². The lowest BCUT2D eigenvalue weighted by molar-refractivity contribution is -0.0170. The number of ether oxygens (including phenoxy) is 1. The molecule has 0 radical (unpaired) electrons. The second-order valence-electron chi connectivity index (χ2n) is 7.55. The third-order valence-corrected chi connectivity index (χ3v) is 6.93. The van der Waals surface area contributed by atoms with Gasteiger partial charge in [-0.15, -0.1) is 0 Å². The van der Waals surface area contributed by atoms with E-state index in [4.69, 9.17) is 9.73 Å². The van der Waals surface area contributed by atoms with Crippen molar-refractivity contribution in [3.8, 4) is 5.75 Å². The topological polar surface area (TPSA) is 24.8 Å². The second-order valence-corrected chi connectivity index (χ2v) is 8.42. The van der Waals surface area contributed by atoms with Crippen molar-refractivity contribution in [1.82, 2.24) is 4.90 Å². The summed E-state index contributed by atoms with van der Waals surface area (Å²) in [6.45, 7) is 7.62. The van der Waals surface area contributed by atoms with E-state index in [1.54, 1.807) is 11.8 Å². The number of hydrogen-bond acceptors (Lipinski definition) is 4. The third kappa shape index (κ3) is 1.62. The molecule has 5 rings (SSSR count). The van der Waals surface area contributed by atoms with Crippen molar-refractivity contribution in [2.75, 3.05) is 6.61 Å². The Morgan fingerprint density at radius 1 is 1.17 bits per heavy atom. The van der Waals surface area contributed by atoms with Gasteiger partial charge < -0.3 is 9.64 Å². The van der Waals surface area contributed by atoms with Gasteiger partial charge in [-0.3, -0.25) is 4.99 Å². The number of amidine groups is 1. The maximum Gasteiger partial charge on any atom is 0.168 e. The summed E-state index contributed by atoms with van der Waals surface area (Å²) >= 11 is 1.72. The molecule has 3 heterocycles. The van der Waals surface area contributed by atoms with Crippen LogP contribution in [0, 0.1) is 5.41 Å². The zero-order valence-corrected chi connectivity index (χ0v) is 14.9. The minimum absolute atomic E-state index is 0.0661.